The van der Waals surface area contributed by atoms with E-state index in [1.54, 1.807) is 25.1 Å². The van der Waals surface area contributed by atoms with Crippen LogP contribution in [0.2, 0.25) is 5.02 Å². The molecule has 0 bridgehead atoms. The molecule has 0 spiro atoms. The molecule has 0 aliphatic rings. The molecule has 1 N–H and O–H groups in total. The Morgan fingerprint density at radius 3 is 2.42 bits per heavy atom. The van der Waals surface area contributed by atoms with E-state index in [1.807, 2.05) is 0 Å². The zero-order valence-corrected chi connectivity index (χ0v) is 12.4. The van der Waals surface area contributed by atoms with Crippen molar-refractivity contribution in [3.8, 4) is 11.5 Å². The third-order valence-electron chi connectivity index (χ3n) is 2.55. The van der Waals surface area contributed by atoms with Crippen LogP contribution in [-0.2, 0) is 0 Å². The number of aliphatic hydroxyl groups is 1. The molecule has 1 atom stereocenters. The molecule has 2 rings (SSSR count). The maximum atomic E-state index is 13.1. The Morgan fingerprint density at radius 1 is 1.21 bits per heavy atom. The molecule has 2 nitrogen and oxygen atoms in total. The van der Waals surface area contributed by atoms with Gasteiger partial charge in [-0.05, 0) is 58.7 Å². The van der Waals surface area contributed by atoms with E-state index < -0.39 is 6.10 Å². The maximum Gasteiger partial charge on any atom is 0.137 e. The van der Waals surface area contributed by atoms with Crippen LogP contribution in [0.3, 0.4) is 0 Å². The summed E-state index contributed by atoms with van der Waals surface area (Å²) in [6, 6.07) is 9.38. The lowest BCUT2D eigenvalue weighted by Gasteiger charge is -2.10. The average molecular weight is 346 g/mol. The fourth-order valence-corrected chi connectivity index (χ4v) is 2.27. The summed E-state index contributed by atoms with van der Waals surface area (Å²) >= 11 is 9.13. The minimum atomic E-state index is -0.637. The van der Waals surface area contributed by atoms with Crippen LogP contribution in [-0.4, -0.2) is 5.11 Å². The Balaban J connectivity index is 2.24. The third-order valence-corrected chi connectivity index (χ3v) is 3.48. The Hall–Kier alpha value is -1.10. The lowest BCUT2D eigenvalue weighted by atomic mass is 10.1. The van der Waals surface area contributed by atoms with Gasteiger partial charge in [-0.15, -0.1) is 0 Å². The van der Waals surface area contributed by atoms with E-state index in [2.05, 4.69) is 15.9 Å². The summed E-state index contributed by atoms with van der Waals surface area (Å²) in [4.78, 5) is 0. The smallest absolute Gasteiger partial charge is 0.137 e. The van der Waals surface area contributed by atoms with Gasteiger partial charge in [0.1, 0.15) is 17.3 Å². The van der Waals surface area contributed by atoms with Gasteiger partial charge in [-0.25, -0.2) is 4.39 Å². The molecule has 0 saturated carbocycles. The largest absolute Gasteiger partial charge is 0.457 e. The van der Waals surface area contributed by atoms with E-state index in [0.717, 1.165) is 0 Å². The topological polar surface area (TPSA) is 29.5 Å². The van der Waals surface area contributed by atoms with Crippen LogP contribution in [0.1, 0.15) is 18.6 Å². The van der Waals surface area contributed by atoms with Crippen molar-refractivity contribution in [2.45, 2.75) is 13.0 Å². The first-order valence-corrected chi connectivity index (χ1v) is 6.75. The van der Waals surface area contributed by atoms with Crippen LogP contribution in [0.5, 0.6) is 11.5 Å². The van der Waals surface area contributed by atoms with Crippen LogP contribution in [0.25, 0.3) is 0 Å². The number of benzene rings is 2. The van der Waals surface area contributed by atoms with Crippen molar-refractivity contribution in [1.82, 2.24) is 0 Å². The number of rotatable bonds is 3. The molecule has 100 valence electrons. The van der Waals surface area contributed by atoms with Crippen molar-refractivity contribution in [2.75, 3.05) is 0 Å². The van der Waals surface area contributed by atoms with Crippen molar-refractivity contribution in [2.24, 2.45) is 0 Å². The summed E-state index contributed by atoms with van der Waals surface area (Å²) in [5, 5.41) is 9.90. The first kappa shape index (κ1) is 14.3. The molecule has 5 heteroatoms. The highest BCUT2D eigenvalue weighted by atomic mass is 79.9. The van der Waals surface area contributed by atoms with Crippen molar-refractivity contribution in [3.05, 3.63) is 57.3 Å². The highest BCUT2D eigenvalue weighted by molar-refractivity contribution is 9.10. The normalized spacial score (nSPS) is 12.3. The molecular weight excluding hydrogens is 335 g/mol. The summed E-state index contributed by atoms with van der Waals surface area (Å²) in [6.45, 7) is 1.64. The molecule has 0 saturated heterocycles. The molecule has 2 aromatic carbocycles. The number of hydrogen-bond donors (Lipinski definition) is 1. The molecule has 2 aromatic rings. The van der Waals surface area contributed by atoms with Gasteiger partial charge in [-0.1, -0.05) is 17.7 Å². The minimum absolute atomic E-state index is 0.330. The van der Waals surface area contributed by atoms with Crippen LogP contribution < -0.4 is 4.74 Å². The molecule has 0 fully saturated rings. The lowest BCUT2D eigenvalue weighted by Crippen LogP contribution is -1.93. The van der Waals surface area contributed by atoms with E-state index in [4.69, 9.17) is 16.3 Å². The molecule has 0 aliphatic carbocycles. The summed E-state index contributed by atoms with van der Waals surface area (Å²) in [5.74, 6) is 0.664. The van der Waals surface area contributed by atoms with E-state index >= 15 is 0 Å². The van der Waals surface area contributed by atoms with Gasteiger partial charge >= 0.3 is 0 Å². The van der Waals surface area contributed by atoms with Crippen molar-refractivity contribution < 1.29 is 14.2 Å². The van der Waals surface area contributed by atoms with Gasteiger partial charge in [0.05, 0.1) is 15.6 Å². The van der Waals surface area contributed by atoms with Gasteiger partial charge in [0.25, 0.3) is 0 Å². The van der Waals surface area contributed by atoms with Gasteiger partial charge in [0.2, 0.25) is 0 Å². The van der Waals surface area contributed by atoms with Crippen molar-refractivity contribution in [1.29, 1.82) is 0 Å². The maximum absolute atomic E-state index is 13.1. The van der Waals surface area contributed by atoms with E-state index in [-0.39, 0.29) is 5.82 Å². The Bertz CT molecular complexity index is 602. The SMILES string of the molecule is CC(O)c1ccc(Oc2ccc(F)c(Br)c2)cc1Cl. The fraction of sp³-hybridized carbons (Fsp3) is 0.143. The molecule has 0 aliphatic heterocycles. The molecular formula is C14H11BrClFO2. The average Bonchev–Trinajstić information content (AvgIpc) is 2.33. The minimum Gasteiger partial charge on any atom is -0.457 e. The zero-order chi connectivity index (χ0) is 14.0. The second-order valence-electron chi connectivity index (χ2n) is 4.04. The number of hydrogen-bond acceptors (Lipinski definition) is 2. The zero-order valence-electron chi connectivity index (χ0n) is 10.0. The molecule has 0 aromatic heterocycles. The Labute approximate surface area is 123 Å². The van der Waals surface area contributed by atoms with E-state index in [1.165, 1.54) is 18.2 Å². The number of aliphatic hydroxyl groups excluding tert-OH is 1. The van der Waals surface area contributed by atoms with Crippen LogP contribution in [0.4, 0.5) is 4.39 Å². The van der Waals surface area contributed by atoms with E-state index in [9.17, 15) is 9.50 Å². The Morgan fingerprint density at radius 2 is 1.84 bits per heavy atom. The standard InChI is InChI=1S/C14H11BrClFO2/c1-8(18)11-4-2-10(7-13(11)16)19-9-3-5-14(17)12(15)6-9/h2-8,18H,1H3. The predicted molar refractivity (Wildman–Crippen MR) is 76.3 cm³/mol. The van der Waals surface area contributed by atoms with Gasteiger partial charge in [0.15, 0.2) is 0 Å². The van der Waals surface area contributed by atoms with Gasteiger partial charge in [-0.3, -0.25) is 0 Å². The highest BCUT2D eigenvalue weighted by Crippen LogP contribution is 2.31. The number of halogens is 3. The quantitative estimate of drug-likeness (QED) is 0.840. The first-order chi connectivity index (χ1) is 8.97. The molecule has 0 radical (unpaired) electrons. The monoisotopic (exact) mass is 344 g/mol. The van der Waals surface area contributed by atoms with Crippen LogP contribution in [0.15, 0.2) is 40.9 Å². The van der Waals surface area contributed by atoms with Crippen LogP contribution in [0, 0.1) is 5.82 Å². The summed E-state index contributed by atoms with van der Waals surface area (Å²) in [5.41, 5.74) is 0.634. The fourth-order valence-electron chi connectivity index (χ4n) is 1.59. The summed E-state index contributed by atoms with van der Waals surface area (Å²) in [7, 11) is 0. The van der Waals surface area contributed by atoms with E-state index in [0.29, 0.717) is 26.6 Å². The second kappa shape index (κ2) is 5.90. The Kier molecular flexibility index (Phi) is 4.45. The number of ether oxygens (including phenoxy) is 1. The summed E-state index contributed by atoms with van der Waals surface area (Å²) in [6.07, 6.45) is -0.637. The second-order valence-corrected chi connectivity index (χ2v) is 5.30. The summed E-state index contributed by atoms with van der Waals surface area (Å²) < 4.78 is 19.0. The van der Waals surface area contributed by atoms with Crippen molar-refractivity contribution in [3.63, 3.8) is 0 Å². The van der Waals surface area contributed by atoms with Gasteiger partial charge in [-0.2, -0.15) is 0 Å². The molecule has 1 unspecified atom stereocenters. The molecule has 0 heterocycles. The van der Waals surface area contributed by atoms with Crippen molar-refractivity contribution >= 4 is 27.5 Å². The first-order valence-electron chi connectivity index (χ1n) is 5.58. The molecule has 19 heavy (non-hydrogen) atoms. The van der Waals surface area contributed by atoms with Gasteiger partial charge in [0, 0.05) is 0 Å². The highest BCUT2D eigenvalue weighted by Gasteiger charge is 2.08. The van der Waals surface area contributed by atoms with Crippen LogP contribution >= 0.6 is 27.5 Å². The molecule has 0 amide bonds. The van der Waals surface area contributed by atoms with Gasteiger partial charge < -0.3 is 9.84 Å². The lowest BCUT2D eigenvalue weighted by molar-refractivity contribution is 0.199. The third kappa shape index (κ3) is 3.47. The predicted octanol–water partition coefficient (Wildman–Crippen LogP) is 5.09.